The van der Waals surface area contributed by atoms with Crippen LogP contribution in [-0.4, -0.2) is 12.6 Å². The molecule has 0 aliphatic carbocycles. The Morgan fingerprint density at radius 1 is 0.941 bits per heavy atom. The molecule has 2 rings (SSSR count). The Kier molecular flexibility index (Phi) is 11.4. The van der Waals surface area contributed by atoms with Gasteiger partial charge in [0.1, 0.15) is 0 Å². The fraction of sp³-hybridized carbons (Fsp3) is 0.594. The molecule has 0 aliphatic rings. The quantitative estimate of drug-likeness (QED) is 0.206. The van der Waals surface area contributed by atoms with Gasteiger partial charge in [0, 0.05) is 0 Å². The first-order valence-electron chi connectivity index (χ1n) is 13.5. The second-order valence-electron chi connectivity index (χ2n) is 11.2. The van der Waals surface area contributed by atoms with Gasteiger partial charge < -0.3 is 4.74 Å². The molecule has 188 valence electrons. The first-order valence-corrected chi connectivity index (χ1v) is 13.5. The highest BCUT2D eigenvalue weighted by Crippen LogP contribution is 2.40. The monoisotopic (exact) mass is 464 g/mol. The Labute approximate surface area is 209 Å². The van der Waals surface area contributed by atoms with E-state index in [2.05, 4.69) is 90.1 Å². The second kappa shape index (κ2) is 13.7. The van der Waals surface area contributed by atoms with Crippen molar-refractivity contribution in [3.05, 3.63) is 70.8 Å². The van der Waals surface area contributed by atoms with Gasteiger partial charge >= 0.3 is 5.97 Å². The molecule has 0 aliphatic heterocycles. The summed E-state index contributed by atoms with van der Waals surface area (Å²) in [6, 6.07) is 18.2. The van der Waals surface area contributed by atoms with Gasteiger partial charge in [-0.15, -0.1) is 0 Å². The number of hydrogen-bond donors (Lipinski definition) is 0. The van der Waals surface area contributed by atoms with E-state index in [4.69, 9.17) is 4.74 Å². The lowest BCUT2D eigenvalue weighted by Crippen LogP contribution is -2.17. The topological polar surface area (TPSA) is 26.3 Å². The first kappa shape index (κ1) is 28.1. The zero-order valence-corrected chi connectivity index (χ0v) is 22.8. The summed E-state index contributed by atoms with van der Waals surface area (Å²) in [5.74, 6) is 0.951. The van der Waals surface area contributed by atoms with Crippen molar-refractivity contribution < 1.29 is 9.53 Å². The third kappa shape index (κ3) is 9.28. The summed E-state index contributed by atoms with van der Waals surface area (Å²) in [6.45, 7) is 16.3. The van der Waals surface area contributed by atoms with Crippen LogP contribution in [-0.2, 0) is 16.0 Å². The minimum atomic E-state index is -0.0583. The van der Waals surface area contributed by atoms with Crippen molar-refractivity contribution >= 4 is 5.97 Å². The molecular formula is C32H48O2. The summed E-state index contributed by atoms with van der Waals surface area (Å²) >= 11 is 0. The van der Waals surface area contributed by atoms with Gasteiger partial charge in [0.25, 0.3) is 0 Å². The molecule has 0 bridgehead atoms. The van der Waals surface area contributed by atoms with Crippen molar-refractivity contribution in [3.63, 3.8) is 0 Å². The summed E-state index contributed by atoms with van der Waals surface area (Å²) in [5, 5.41) is 0. The minimum absolute atomic E-state index is 0.0509. The molecule has 0 saturated heterocycles. The zero-order chi connectivity index (χ0) is 25.1. The van der Waals surface area contributed by atoms with E-state index in [1.807, 2.05) is 6.92 Å². The van der Waals surface area contributed by atoms with Crippen molar-refractivity contribution in [1.29, 1.82) is 0 Å². The molecule has 0 aromatic heterocycles. The predicted octanol–water partition coefficient (Wildman–Crippen LogP) is 9.01. The molecule has 0 N–H and O–H groups in total. The van der Waals surface area contributed by atoms with Gasteiger partial charge in [0.05, 0.1) is 12.5 Å². The van der Waals surface area contributed by atoms with Gasteiger partial charge in [-0.1, -0.05) is 108 Å². The summed E-state index contributed by atoms with van der Waals surface area (Å²) in [7, 11) is 0. The molecule has 0 radical (unpaired) electrons. The SMILES string of the molecule is CCCCOC(=O)C(C)CCc1ccc(C(CC(C)c2ccc(C)cc2)CC(C)(C)CC)cc1. The number of unbranched alkanes of at least 4 members (excludes halogenated alkanes) is 1. The van der Waals surface area contributed by atoms with Gasteiger partial charge in [-0.05, 0) is 73.0 Å². The Hall–Kier alpha value is -2.09. The van der Waals surface area contributed by atoms with E-state index in [9.17, 15) is 4.79 Å². The zero-order valence-electron chi connectivity index (χ0n) is 22.8. The lowest BCUT2D eigenvalue weighted by atomic mass is 9.74. The Morgan fingerprint density at radius 3 is 2.15 bits per heavy atom. The minimum Gasteiger partial charge on any atom is -0.465 e. The number of benzene rings is 2. The average molecular weight is 465 g/mol. The van der Waals surface area contributed by atoms with Crippen LogP contribution in [0.4, 0.5) is 0 Å². The highest BCUT2D eigenvalue weighted by atomic mass is 16.5. The van der Waals surface area contributed by atoms with Crippen LogP contribution >= 0.6 is 0 Å². The number of carbonyl (C=O) groups excluding carboxylic acids is 1. The Balaban J connectivity index is 2.05. The lowest BCUT2D eigenvalue weighted by Gasteiger charge is -2.31. The molecule has 2 aromatic rings. The van der Waals surface area contributed by atoms with Gasteiger partial charge in [-0.3, -0.25) is 4.79 Å². The summed E-state index contributed by atoms with van der Waals surface area (Å²) in [5.41, 5.74) is 5.82. The lowest BCUT2D eigenvalue weighted by molar-refractivity contribution is -0.148. The van der Waals surface area contributed by atoms with E-state index < -0.39 is 0 Å². The molecule has 0 heterocycles. The van der Waals surface area contributed by atoms with Gasteiger partial charge in [-0.25, -0.2) is 0 Å². The van der Waals surface area contributed by atoms with Crippen LogP contribution in [0.1, 0.15) is 114 Å². The van der Waals surface area contributed by atoms with Crippen molar-refractivity contribution in [2.24, 2.45) is 11.3 Å². The summed E-state index contributed by atoms with van der Waals surface area (Å²) in [4.78, 5) is 12.2. The van der Waals surface area contributed by atoms with Crippen LogP contribution in [0, 0.1) is 18.3 Å². The maximum Gasteiger partial charge on any atom is 0.308 e. The van der Waals surface area contributed by atoms with Crippen molar-refractivity contribution in [3.8, 4) is 0 Å². The molecule has 3 unspecified atom stereocenters. The van der Waals surface area contributed by atoms with E-state index in [0.717, 1.165) is 32.1 Å². The number of carbonyl (C=O) groups is 1. The van der Waals surface area contributed by atoms with Crippen LogP contribution in [0.2, 0.25) is 0 Å². The number of esters is 1. The standard InChI is InChI=1S/C32H48O2/c1-8-10-21-34-31(33)25(4)13-14-27-15-19-29(20-16-27)30(23-32(6,7)9-2)22-26(5)28-17-11-24(3)12-18-28/h11-12,15-20,25-26,30H,8-10,13-14,21-23H2,1-7H3. The molecule has 3 atom stereocenters. The molecule has 34 heavy (non-hydrogen) atoms. The maximum absolute atomic E-state index is 12.2. The number of hydrogen-bond acceptors (Lipinski definition) is 2. The van der Waals surface area contributed by atoms with Gasteiger partial charge in [0.15, 0.2) is 0 Å². The fourth-order valence-corrected chi connectivity index (χ4v) is 4.52. The molecule has 2 nitrogen and oxygen atoms in total. The number of aryl methyl sites for hydroxylation is 2. The maximum atomic E-state index is 12.2. The highest BCUT2D eigenvalue weighted by Gasteiger charge is 2.25. The van der Waals surface area contributed by atoms with Crippen LogP contribution in [0.3, 0.4) is 0 Å². The first-order chi connectivity index (χ1) is 16.1. The molecule has 0 spiro atoms. The molecule has 0 saturated carbocycles. The van der Waals surface area contributed by atoms with Crippen LogP contribution in [0.25, 0.3) is 0 Å². The Morgan fingerprint density at radius 2 is 1.56 bits per heavy atom. The third-order valence-corrected chi connectivity index (χ3v) is 7.50. The molecular weight excluding hydrogens is 416 g/mol. The van der Waals surface area contributed by atoms with E-state index in [1.54, 1.807) is 0 Å². The number of rotatable bonds is 14. The largest absolute Gasteiger partial charge is 0.465 e. The Bertz CT molecular complexity index is 848. The van der Waals surface area contributed by atoms with E-state index in [0.29, 0.717) is 23.9 Å². The van der Waals surface area contributed by atoms with Crippen LogP contribution in [0.5, 0.6) is 0 Å². The summed E-state index contributed by atoms with van der Waals surface area (Å²) < 4.78 is 5.38. The highest BCUT2D eigenvalue weighted by molar-refractivity contribution is 5.71. The molecule has 2 aromatic carbocycles. The summed E-state index contributed by atoms with van der Waals surface area (Å²) in [6.07, 6.45) is 7.28. The van der Waals surface area contributed by atoms with Crippen LogP contribution < -0.4 is 0 Å². The van der Waals surface area contributed by atoms with Crippen molar-refractivity contribution in [2.75, 3.05) is 6.61 Å². The van der Waals surface area contributed by atoms with E-state index in [-0.39, 0.29) is 11.9 Å². The van der Waals surface area contributed by atoms with E-state index in [1.165, 1.54) is 35.1 Å². The molecule has 0 amide bonds. The van der Waals surface area contributed by atoms with Crippen molar-refractivity contribution in [1.82, 2.24) is 0 Å². The van der Waals surface area contributed by atoms with E-state index >= 15 is 0 Å². The predicted molar refractivity (Wildman–Crippen MR) is 145 cm³/mol. The number of ether oxygens (including phenoxy) is 1. The fourth-order valence-electron chi connectivity index (χ4n) is 4.52. The molecule has 2 heteroatoms. The van der Waals surface area contributed by atoms with Gasteiger partial charge in [0.2, 0.25) is 0 Å². The molecule has 0 fully saturated rings. The normalized spacial score (nSPS) is 14.4. The van der Waals surface area contributed by atoms with Crippen molar-refractivity contribution in [2.45, 2.75) is 105 Å². The third-order valence-electron chi connectivity index (χ3n) is 7.50. The smallest absolute Gasteiger partial charge is 0.308 e. The average Bonchev–Trinajstić information content (AvgIpc) is 2.82. The second-order valence-corrected chi connectivity index (χ2v) is 11.2. The van der Waals surface area contributed by atoms with Crippen LogP contribution in [0.15, 0.2) is 48.5 Å². The van der Waals surface area contributed by atoms with Gasteiger partial charge in [-0.2, -0.15) is 0 Å².